The monoisotopic (exact) mass is 412 g/mol. The van der Waals surface area contributed by atoms with Crippen LogP contribution in [-0.4, -0.2) is 47.3 Å². The van der Waals surface area contributed by atoms with Crippen LogP contribution in [-0.2, 0) is 0 Å². The third-order valence-electron chi connectivity index (χ3n) is 4.28. The number of carbonyl (C=O) groups is 1. The van der Waals surface area contributed by atoms with Crippen LogP contribution < -0.4 is 5.32 Å². The second-order valence-corrected chi connectivity index (χ2v) is 6.83. The molecular formula is C17H22BrClN4O. The van der Waals surface area contributed by atoms with Crippen LogP contribution in [0.1, 0.15) is 23.3 Å². The average Bonchev–Trinajstić information content (AvgIpc) is 3.05. The minimum Gasteiger partial charge on any atom is -0.337 e. The molecule has 3 rings (SSSR count). The lowest BCUT2D eigenvalue weighted by atomic mass is 9.97. The summed E-state index contributed by atoms with van der Waals surface area (Å²) >= 11 is 3.45. The molecule has 0 bridgehead atoms. The maximum atomic E-state index is 12.6. The minimum absolute atomic E-state index is 0. The number of benzene rings is 1. The number of carbonyl (C=O) groups excluding carboxylic acids is 1. The molecule has 1 amide bonds. The van der Waals surface area contributed by atoms with E-state index in [9.17, 15) is 4.79 Å². The van der Waals surface area contributed by atoms with E-state index < -0.39 is 0 Å². The van der Waals surface area contributed by atoms with E-state index in [1.807, 2.05) is 42.4 Å². The summed E-state index contributed by atoms with van der Waals surface area (Å²) in [5.41, 5.74) is 1.45. The molecule has 0 spiro atoms. The van der Waals surface area contributed by atoms with Crippen molar-refractivity contribution in [3.8, 4) is 5.69 Å². The van der Waals surface area contributed by atoms with E-state index in [2.05, 4.69) is 26.3 Å². The summed E-state index contributed by atoms with van der Waals surface area (Å²) in [6, 6.07) is 9.66. The molecule has 7 heteroatoms. The standard InChI is InChI=1S/C17H21BrN4O.ClH/c1-19-12-13-5-8-21(9-6-13)17(23)16-7-10-22(20-16)15-4-2-3-14(18)11-15;/h2-4,7,10-11,13,19H,5-6,8-9,12H2,1H3;1H. The van der Waals surface area contributed by atoms with Gasteiger partial charge in [-0.25, -0.2) is 4.68 Å². The first-order valence-corrected chi connectivity index (χ1v) is 8.72. The van der Waals surface area contributed by atoms with E-state index in [1.165, 1.54) is 0 Å². The number of amides is 1. The Morgan fingerprint density at radius 1 is 1.33 bits per heavy atom. The quantitative estimate of drug-likeness (QED) is 0.838. The van der Waals surface area contributed by atoms with Crippen molar-refractivity contribution in [2.75, 3.05) is 26.7 Å². The van der Waals surface area contributed by atoms with Gasteiger partial charge in [0.1, 0.15) is 0 Å². The lowest BCUT2D eigenvalue weighted by Gasteiger charge is -2.31. The van der Waals surface area contributed by atoms with Gasteiger partial charge in [-0.15, -0.1) is 12.4 Å². The molecule has 0 saturated carbocycles. The first-order chi connectivity index (χ1) is 11.2. The Labute approximate surface area is 157 Å². The fraction of sp³-hybridized carbons (Fsp3) is 0.412. The molecule has 1 aliphatic heterocycles. The summed E-state index contributed by atoms with van der Waals surface area (Å²) in [5, 5.41) is 7.66. The van der Waals surface area contributed by atoms with Gasteiger partial charge in [0.05, 0.1) is 5.69 Å². The van der Waals surface area contributed by atoms with E-state index in [-0.39, 0.29) is 18.3 Å². The van der Waals surface area contributed by atoms with Crippen molar-refractivity contribution < 1.29 is 4.79 Å². The Hall–Kier alpha value is -1.37. The normalized spacial score (nSPS) is 15.2. The van der Waals surface area contributed by atoms with Gasteiger partial charge in [-0.3, -0.25) is 4.79 Å². The summed E-state index contributed by atoms with van der Waals surface area (Å²) < 4.78 is 2.73. The van der Waals surface area contributed by atoms with Gasteiger partial charge in [0.2, 0.25) is 0 Å². The predicted octanol–water partition coefficient (Wildman–Crippen LogP) is 3.13. The van der Waals surface area contributed by atoms with Crippen LogP contribution in [0.5, 0.6) is 0 Å². The van der Waals surface area contributed by atoms with Crippen molar-refractivity contribution in [2.45, 2.75) is 12.8 Å². The van der Waals surface area contributed by atoms with Gasteiger partial charge in [0.15, 0.2) is 5.69 Å². The lowest BCUT2D eigenvalue weighted by Crippen LogP contribution is -2.40. The Morgan fingerprint density at radius 2 is 2.08 bits per heavy atom. The van der Waals surface area contributed by atoms with Crippen LogP contribution in [0.25, 0.3) is 5.69 Å². The van der Waals surface area contributed by atoms with Crippen LogP contribution >= 0.6 is 28.3 Å². The number of piperidine rings is 1. The highest BCUT2D eigenvalue weighted by atomic mass is 79.9. The molecule has 0 radical (unpaired) electrons. The number of hydrogen-bond acceptors (Lipinski definition) is 3. The van der Waals surface area contributed by atoms with Crippen molar-refractivity contribution in [3.05, 3.63) is 46.7 Å². The molecular weight excluding hydrogens is 392 g/mol. The maximum absolute atomic E-state index is 12.6. The number of rotatable bonds is 4. The Kier molecular flexibility index (Phi) is 6.83. The lowest BCUT2D eigenvalue weighted by molar-refractivity contribution is 0.0684. The number of halogens is 2. The Bertz CT molecular complexity index is 683. The van der Waals surface area contributed by atoms with Crippen molar-refractivity contribution in [1.82, 2.24) is 20.0 Å². The van der Waals surface area contributed by atoms with Gasteiger partial charge in [-0.2, -0.15) is 5.10 Å². The highest BCUT2D eigenvalue weighted by Crippen LogP contribution is 2.19. The van der Waals surface area contributed by atoms with E-state index in [0.717, 1.165) is 42.6 Å². The van der Waals surface area contributed by atoms with Crippen LogP contribution in [0, 0.1) is 5.92 Å². The molecule has 1 N–H and O–H groups in total. The molecule has 0 aliphatic carbocycles. The van der Waals surface area contributed by atoms with E-state index in [4.69, 9.17) is 0 Å². The fourth-order valence-corrected chi connectivity index (χ4v) is 3.38. The summed E-state index contributed by atoms with van der Waals surface area (Å²) in [7, 11) is 1.98. The molecule has 24 heavy (non-hydrogen) atoms. The fourth-order valence-electron chi connectivity index (χ4n) is 2.99. The second kappa shape index (κ2) is 8.65. The van der Waals surface area contributed by atoms with Gasteiger partial charge in [-0.1, -0.05) is 22.0 Å². The first-order valence-electron chi connectivity index (χ1n) is 7.93. The number of nitrogens with zero attached hydrogens (tertiary/aromatic N) is 3. The van der Waals surface area contributed by atoms with Crippen molar-refractivity contribution in [2.24, 2.45) is 5.92 Å². The zero-order valence-corrected chi connectivity index (χ0v) is 16.0. The highest BCUT2D eigenvalue weighted by Gasteiger charge is 2.24. The number of aromatic nitrogens is 2. The molecule has 0 unspecified atom stereocenters. The summed E-state index contributed by atoms with van der Waals surface area (Å²) in [4.78, 5) is 14.5. The van der Waals surface area contributed by atoms with Crippen molar-refractivity contribution in [3.63, 3.8) is 0 Å². The molecule has 1 aromatic heterocycles. The molecule has 130 valence electrons. The van der Waals surface area contributed by atoms with Crippen molar-refractivity contribution in [1.29, 1.82) is 0 Å². The van der Waals surface area contributed by atoms with Crippen LogP contribution in [0.4, 0.5) is 0 Å². The SMILES string of the molecule is CNCC1CCN(C(=O)c2ccn(-c3cccc(Br)c3)n2)CC1.Cl. The maximum Gasteiger partial charge on any atom is 0.274 e. The largest absolute Gasteiger partial charge is 0.337 e. The summed E-state index contributed by atoms with van der Waals surface area (Å²) in [6.45, 7) is 2.66. The second-order valence-electron chi connectivity index (χ2n) is 5.92. The van der Waals surface area contributed by atoms with Gasteiger partial charge in [0.25, 0.3) is 5.91 Å². The third kappa shape index (κ3) is 4.37. The molecule has 1 aliphatic rings. The summed E-state index contributed by atoms with van der Waals surface area (Å²) in [6.07, 6.45) is 3.95. The van der Waals surface area contributed by atoms with Crippen LogP contribution in [0.3, 0.4) is 0 Å². The molecule has 5 nitrogen and oxygen atoms in total. The number of hydrogen-bond donors (Lipinski definition) is 1. The van der Waals surface area contributed by atoms with Crippen LogP contribution in [0.2, 0.25) is 0 Å². The topological polar surface area (TPSA) is 50.2 Å². The molecule has 0 atom stereocenters. The van der Waals surface area contributed by atoms with Crippen molar-refractivity contribution >= 4 is 34.2 Å². The molecule has 1 saturated heterocycles. The van der Waals surface area contributed by atoms with Gasteiger partial charge in [0, 0.05) is 23.8 Å². The Morgan fingerprint density at radius 3 is 2.75 bits per heavy atom. The summed E-state index contributed by atoms with van der Waals surface area (Å²) in [5.74, 6) is 0.699. The molecule has 2 heterocycles. The van der Waals surface area contributed by atoms with E-state index >= 15 is 0 Å². The zero-order valence-electron chi connectivity index (χ0n) is 13.6. The van der Waals surface area contributed by atoms with Gasteiger partial charge in [-0.05, 0) is 56.6 Å². The molecule has 2 aromatic rings. The molecule has 1 fully saturated rings. The first kappa shape index (κ1) is 19.0. The van der Waals surface area contributed by atoms with Crippen LogP contribution in [0.15, 0.2) is 41.0 Å². The number of likely N-dealkylation sites (tertiary alicyclic amines) is 1. The van der Waals surface area contributed by atoms with E-state index in [0.29, 0.717) is 11.6 Å². The third-order valence-corrected chi connectivity index (χ3v) is 4.77. The Balaban J connectivity index is 0.00000208. The number of nitrogens with one attached hydrogen (secondary N) is 1. The molecule has 1 aromatic carbocycles. The zero-order chi connectivity index (χ0) is 16.2. The van der Waals surface area contributed by atoms with Gasteiger partial charge < -0.3 is 10.2 Å². The highest BCUT2D eigenvalue weighted by molar-refractivity contribution is 9.10. The average molecular weight is 414 g/mol. The van der Waals surface area contributed by atoms with E-state index in [1.54, 1.807) is 10.7 Å². The minimum atomic E-state index is 0. The van der Waals surface area contributed by atoms with Gasteiger partial charge >= 0.3 is 0 Å². The smallest absolute Gasteiger partial charge is 0.274 e. The predicted molar refractivity (Wildman–Crippen MR) is 101 cm³/mol.